The fourth-order valence-corrected chi connectivity index (χ4v) is 6.65. The highest BCUT2D eigenvalue weighted by molar-refractivity contribution is 9.10. The summed E-state index contributed by atoms with van der Waals surface area (Å²) in [6.45, 7) is 10.2. The van der Waals surface area contributed by atoms with Gasteiger partial charge in [-0.05, 0) is 84.6 Å². The molecule has 1 N–H and O–H groups in total. The van der Waals surface area contributed by atoms with Gasteiger partial charge in [-0.15, -0.1) is 0 Å². The lowest BCUT2D eigenvalue weighted by Gasteiger charge is -2.22. The number of nitrogens with one attached hydrogen (secondary N) is 1. The second-order valence-corrected chi connectivity index (χ2v) is 11.3. The third kappa shape index (κ3) is 5.63. The minimum atomic E-state index is -3.74. The van der Waals surface area contributed by atoms with Crippen LogP contribution in [-0.4, -0.2) is 45.6 Å². The molecule has 0 fully saturated rings. The summed E-state index contributed by atoms with van der Waals surface area (Å²) in [5, 5.41) is 2.84. The van der Waals surface area contributed by atoms with E-state index in [2.05, 4.69) is 40.0 Å². The molecule has 0 saturated carbocycles. The maximum absolute atomic E-state index is 13.1. The van der Waals surface area contributed by atoms with E-state index < -0.39 is 9.84 Å². The second-order valence-electron chi connectivity index (χ2n) is 8.35. The van der Waals surface area contributed by atoms with E-state index in [4.69, 9.17) is 0 Å². The minimum Gasteiger partial charge on any atom is -0.372 e. The van der Waals surface area contributed by atoms with Crippen LogP contribution in [0.4, 0.5) is 17.1 Å². The summed E-state index contributed by atoms with van der Waals surface area (Å²) in [6.07, 6.45) is 0.878. The molecule has 7 nitrogen and oxygen atoms in total. The van der Waals surface area contributed by atoms with Crippen LogP contribution in [0.15, 0.2) is 39.7 Å². The molecule has 34 heavy (non-hydrogen) atoms. The molecule has 0 atom stereocenters. The smallest absolute Gasteiger partial charge is 0.226 e. The number of hydrogen-bond donors (Lipinski definition) is 1. The molecule has 0 bridgehead atoms. The van der Waals surface area contributed by atoms with Crippen LogP contribution in [0.25, 0.3) is 0 Å². The fraction of sp³-hybridized carbons (Fsp3) is 0.440. The lowest BCUT2D eigenvalue weighted by Crippen LogP contribution is -2.28. The Kier molecular flexibility index (Phi) is 8.41. The molecule has 1 aliphatic rings. The molecule has 1 heterocycles. The lowest BCUT2D eigenvalue weighted by atomic mass is 10.1. The fourth-order valence-electron chi connectivity index (χ4n) is 4.20. The van der Waals surface area contributed by atoms with Crippen molar-refractivity contribution in [2.45, 2.75) is 51.9 Å². The number of aryl methyl sites for hydroxylation is 1. The Balaban J connectivity index is 1.71. The van der Waals surface area contributed by atoms with Gasteiger partial charge in [0.1, 0.15) is 0 Å². The summed E-state index contributed by atoms with van der Waals surface area (Å²) in [6, 6.07) is 9.16. The van der Waals surface area contributed by atoms with Crippen molar-refractivity contribution in [2.75, 3.05) is 40.5 Å². The molecule has 2 amide bonds. The van der Waals surface area contributed by atoms with E-state index in [0.29, 0.717) is 35.2 Å². The van der Waals surface area contributed by atoms with Gasteiger partial charge < -0.3 is 15.1 Å². The zero-order chi connectivity index (χ0) is 25.0. The minimum absolute atomic E-state index is 0.0359. The van der Waals surface area contributed by atoms with E-state index in [9.17, 15) is 18.0 Å². The van der Waals surface area contributed by atoms with Crippen LogP contribution in [-0.2, 0) is 25.8 Å². The predicted octanol–water partition coefficient (Wildman–Crippen LogP) is 4.71. The Labute approximate surface area is 210 Å². The molecule has 2 aromatic carbocycles. The number of benzene rings is 2. The SMILES string of the molecule is CCC(=O)N1CCc2cc(Br)c(S(=O)(=O)CCC(=O)Nc3ccc(N(CC)CC)cc3C)cc21. The number of carbonyl (C=O) groups is 2. The van der Waals surface area contributed by atoms with Crippen LogP contribution in [0, 0.1) is 6.92 Å². The van der Waals surface area contributed by atoms with Crippen molar-refractivity contribution in [1.29, 1.82) is 0 Å². The largest absolute Gasteiger partial charge is 0.372 e. The van der Waals surface area contributed by atoms with E-state index in [1.165, 1.54) is 0 Å². The van der Waals surface area contributed by atoms with Crippen LogP contribution in [0.1, 0.15) is 44.7 Å². The summed E-state index contributed by atoms with van der Waals surface area (Å²) >= 11 is 3.37. The highest BCUT2D eigenvalue weighted by Gasteiger charge is 2.28. The molecule has 0 saturated heterocycles. The van der Waals surface area contributed by atoms with Gasteiger partial charge in [0.15, 0.2) is 9.84 Å². The molecule has 0 aliphatic carbocycles. The second kappa shape index (κ2) is 10.9. The molecule has 0 unspecified atom stereocenters. The topological polar surface area (TPSA) is 86.8 Å². The Morgan fingerprint density at radius 2 is 1.82 bits per heavy atom. The summed E-state index contributed by atoms with van der Waals surface area (Å²) in [5.74, 6) is -0.720. The number of nitrogens with zero attached hydrogens (tertiary/aromatic N) is 2. The highest BCUT2D eigenvalue weighted by Crippen LogP contribution is 2.36. The molecule has 184 valence electrons. The number of amides is 2. The zero-order valence-corrected chi connectivity index (χ0v) is 22.6. The third-order valence-corrected chi connectivity index (χ3v) is 8.85. The summed E-state index contributed by atoms with van der Waals surface area (Å²) in [5.41, 5.74) is 4.25. The first-order chi connectivity index (χ1) is 16.1. The van der Waals surface area contributed by atoms with Crippen molar-refractivity contribution in [3.63, 3.8) is 0 Å². The van der Waals surface area contributed by atoms with Gasteiger partial charge in [0.05, 0.1) is 10.6 Å². The molecule has 9 heteroatoms. The maximum atomic E-state index is 13.1. The first-order valence-electron chi connectivity index (χ1n) is 11.6. The van der Waals surface area contributed by atoms with E-state index in [1.54, 1.807) is 24.0 Å². The number of halogens is 1. The molecule has 3 rings (SSSR count). The van der Waals surface area contributed by atoms with Crippen LogP contribution < -0.4 is 15.1 Å². The summed E-state index contributed by atoms with van der Waals surface area (Å²) in [7, 11) is -3.74. The monoisotopic (exact) mass is 549 g/mol. The average molecular weight is 551 g/mol. The first kappa shape index (κ1) is 26.2. The van der Waals surface area contributed by atoms with Crippen LogP contribution >= 0.6 is 15.9 Å². The molecule has 0 spiro atoms. The molecule has 0 aromatic heterocycles. The van der Waals surface area contributed by atoms with Gasteiger partial charge in [0.2, 0.25) is 11.8 Å². The van der Waals surface area contributed by atoms with Crippen LogP contribution in [0.2, 0.25) is 0 Å². The van der Waals surface area contributed by atoms with Crippen LogP contribution in [0.5, 0.6) is 0 Å². The van der Waals surface area contributed by atoms with E-state index in [1.807, 2.05) is 25.1 Å². The Bertz CT molecular complexity index is 1190. The Hall–Kier alpha value is -2.39. The molecular formula is C25H32BrN3O4S. The van der Waals surface area contributed by atoms with Crippen molar-refractivity contribution in [3.05, 3.63) is 45.9 Å². The van der Waals surface area contributed by atoms with Gasteiger partial charge in [0, 0.05) is 54.0 Å². The first-order valence-corrected chi connectivity index (χ1v) is 14.1. The Morgan fingerprint density at radius 3 is 2.44 bits per heavy atom. The quantitative estimate of drug-likeness (QED) is 0.489. The zero-order valence-electron chi connectivity index (χ0n) is 20.2. The Morgan fingerprint density at radius 1 is 1.12 bits per heavy atom. The van der Waals surface area contributed by atoms with Crippen molar-refractivity contribution >= 4 is 54.6 Å². The summed E-state index contributed by atoms with van der Waals surface area (Å²) < 4.78 is 26.6. The lowest BCUT2D eigenvalue weighted by molar-refractivity contribution is -0.118. The normalized spacial score (nSPS) is 13.0. The summed E-state index contributed by atoms with van der Waals surface area (Å²) in [4.78, 5) is 28.8. The standard InChI is InChI=1S/C25H32BrN3O4S/c1-5-25(31)29-12-10-18-15-20(26)23(16-22(18)29)34(32,33)13-11-24(30)27-21-9-8-19(14-17(21)4)28(6-2)7-3/h8-9,14-16H,5-7,10-13H2,1-4H3,(H,27,30). The molecule has 2 aromatic rings. The van der Waals surface area contributed by atoms with Crippen molar-refractivity contribution in [2.24, 2.45) is 0 Å². The van der Waals surface area contributed by atoms with Gasteiger partial charge >= 0.3 is 0 Å². The average Bonchev–Trinajstić information content (AvgIpc) is 3.22. The van der Waals surface area contributed by atoms with E-state index in [0.717, 1.165) is 29.9 Å². The number of sulfone groups is 1. The number of hydrogen-bond acceptors (Lipinski definition) is 5. The predicted molar refractivity (Wildman–Crippen MR) is 141 cm³/mol. The number of carbonyl (C=O) groups excluding carboxylic acids is 2. The van der Waals surface area contributed by atoms with Gasteiger partial charge in [-0.1, -0.05) is 6.92 Å². The molecule has 0 radical (unpaired) electrons. The number of anilines is 3. The van der Waals surface area contributed by atoms with Gasteiger partial charge in [0.25, 0.3) is 0 Å². The van der Waals surface area contributed by atoms with Crippen molar-refractivity contribution in [3.8, 4) is 0 Å². The van der Waals surface area contributed by atoms with Gasteiger partial charge in [-0.2, -0.15) is 0 Å². The van der Waals surface area contributed by atoms with E-state index >= 15 is 0 Å². The van der Waals surface area contributed by atoms with Gasteiger partial charge in [-0.25, -0.2) is 8.42 Å². The maximum Gasteiger partial charge on any atom is 0.226 e. The number of fused-ring (bicyclic) bond motifs is 1. The van der Waals surface area contributed by atoms with Crippen molar-refractivity contribution in [1.82, 2.24) is 0 Å². The number of rotatable bonds is 9. The molecule has 1 aliphatic heterocycles. The highest BCUT2D eigenvalue weighted by atomic mass is 79.9. The third-order valence-electron chi connectivity index (χ3n) is 6.18. The van der Waals surface area contributed by atoms with Gasteiger partial charge in [-0.3, -0.25) is 9.59 Å². The van der Waals surface area contributed by atoms with E-state index in [-0.39, 0.29) is 28.9 Å². The van der Waals surface area contributed by atoms with Crippen molar-refractivity contribution < 1.29 is 18.0 Å². The molecular weight excluding hydrogens is 518 g/mol. The van der Waals surface area contributed by atoms with Crippen LogP contribution in [0.3, 0.4) is 0 Å².